The number of halogens is 4. The molecule has 0 bridgehead atoms. The van der Waals surface area contributed by atoms with Crippen molar-refractivity contribution < 1.29 is 18.0 Å². The van der Waals surface area contributed by atoms with Gasteiger partial charge in [-0.15, -0.1) is 11.3 Å². The fourth-order valence-corrected chi connectivity index (χ4v) is 3.28. The molecule has 3 N–H and O–H groups in total. The van der Waals surface area contributed by atoms with Crippen LogP contribution in [-0.2, 0) is 6.54 Å². The lowest BCUT2D eigenvalue weighted by atomic mass is 10.1. The summed E-state index contributed by atoms with van der Waals surface area (Å²) in [6.45, 7) is 0.182. The number of carbonyl (C=O) groups is 1. The van der Waals surface area contributed by atoms with Gasteiger partial charge in [0.05, 0.1) is 10.4 Å². The maximum atomic E-state index is 14.4. The van der Waals surface area contributed by atoms with Gasteiger partial charge in [-0.3, -0.25) is 4.79 Å². The van der Waals surface area contributed by atoms with Crippen LogP contribution in [0.3, 0.4) is 0 Å². The minimum atomic E-state index is -2.67. The number of thiazole rings is 1. The first-order valence-corrected chi connectivity index (χ1v) is 8.90. The van der Waals surface area contributed by atoms with Gasteiger partial charge in [0.1, 0.15) is 10.8 Å². The molecular formula is C18H13ClF3N3OS. The number of nitrogens with one attached hydrogen (secondary N) is 1. The zero-order valence-electron chi connectivity index (χ0n) is 13.7. The second kappa shape index (κ2) is 7.98. The molecule has 1 amide bonds. The van der Waals surface area contributed by atoms with Crippen molar-refractivity contribution in [1.29, 1.82) is 0 Å². The fourth-order valence-electron chi connectivity index (χ4n) is 2.34. The Morgan fingerprint density at radius 2 is 1.96 bits per heavy atom. The molecule has 0 atom stereocenters. The summed E-state index contributed by atoms with van der Waals surface area (Å²) in [5, 5.41) is 3.32. The SMILES string of the molecule is Nc1cc(C(=O)NCc2ccc(Cl)cc2)c(F)cc1-c1ncc(C(F)F)s1. The number of carbonyl (C=O) groups excluding carboxylic acids is 1. The standard InChI is InChI=1S/C18H13ClF3N3OS/c19-10-3-1-9(2-4-10)7-24-17(26)11-6-14(23)12(5-13(11)20)18-25-8-15(27-18)16(21)22/h1-6,8,16H,7,23H2,(H,24,26). The monoisotopic (exact) mass is 411 g/mol. The summed E-state index contributed by atoms with van der Waals surface area (Å²) in [5.41, 5.74) is 6.68. The van der Waals surface area contributed by atoms with Gasteiger partial charge in [-0.2, -0.15) is 0 Å². The summed E-state index contributed by atoms with van der Waals surface area (Å²) in [5.74, 6) is -1.46. The predicted octanol–water partition coefficient (Wildman–Crippen LogP) is 5.05. The Morgan fingerprint density at radius 3 is 2.59 bits per heavy atom. The molecule has 0 spiro atoms. The maximum Gasteiger partial charge on any atom is 0.274 e. The highest BCUT2D eigenvalue weighted by Crippen LogP contribution is 2.35. The molecule has 3 rings (SSSR count). The Balaban J connectivity index is 1.79. The Bertz CT molecular complexity index is 976. The summed E-state index contributed by atoms with van der Waals surface area (Å²) < 4.78 is 39.8. The van der Waals surface area contributed by atoms with E-state index in [4.69, 9.17) is 17.3 Å². The zero-order chi connectivity index (χ0) is 19.6. The van der Waals surface area contributed by atoms with Gasteiger partial charge in [0.15, 0.2) is 0 Å². The minimum Gasteiger partial charge on any atom is -0.398 e. The van der Waals surface area contributed by atoms with Crippen LogP contribution < -0.4 is 11.1 Å². The summed E-state index contributed by atoms with van der Waals surface area (Å²) in [7, 11) is 0. The molecule has 0 aliphatic rings. The van der Waals surface area contributed by atoms with Crippen molar-refractivity contribution in [3.8, 4) is 10.6 Å². The number of rotatable bonds is 5. The van der Waals surface area contributed by atoms with Gasteiger partial charge in [0.25, 0.3) is 12.3 Å². The van der Waals surface area contributed by atoms with E-state index in [0.29, 0.717) is 5.02 Å². The highest BCUT2D eigenvalue weighted by molar-refractivity contribution is 7.15. The van der Waals surface area contributed by atoms with Crippen molar-refractivity contribution in [2.75, 3.05) is 5.73 Å². The molecule has 0 aliphatic heterocycles. The third kappa shape index (κ3) is 4.40. The van der Waals surface area contributed by atoms with Gasteiger partial charge in [0.2, 0.25) is 0 Å². The molecule has 27 heavy (non-hydrogen) atoms. The summed E-state index contributed by atoms with van der Waals surface area (Å²) in [6.07, 6.45) is -1.64. The lowest BCUT2D eigenvalue weighted by molar-refractivity contribution is 0.0947. The van der Waals surface area contributed by atoms with E-state index < -0.39 is 18.1 Å². The van der Waals surface area contributed by atoms with E-state index in [9.17, 15) is 18.0 Å². The summed E-state index contributed by atoms with van der Waals surface area (Å²) >= 11 is 6.52. The van der Waals surface area contributed by atoms with Crippen LogP contribution in [0.25, 0.3) is 10.6 Å². The molecule has 0 saturated heterocycles. The van der Waals surface area contributed by atoms with Crippen LogP contribution in [0.4, 0.5) is 18.9 Å². The van der Waals surface area contributed by atoms with Gasteiger partial charge in [-0.1, -0.05) is 23.7 Å². The smallest absolute Gasteiger partial charge is 0.274 e. The molecule has 0 aliphatic carbocycles. The van der Waals surface area contributed by atoms with E-state index in [-0.39, 0.29) is 33.2 Å². The van der Waals surface area contributed by atoms with E-state index in [1.807, 2.05) is 0 Å². The maximum absolute atomic E-state index is 14.4. The minimum absolute atomic E-state index is 0.0724. The molecule has 3 aromatic rings. The summed E-state index contributed by atoms with van der Waals surface area (Å²) in [4.78, 5) is 15.9. The third-order valence-electron chi connectivity index (χ3n) is 3.72. The van der Waals surface area contributed by atoms with Gasteiger partial charge in [-0.05, 0) is 29.8 Å². The lowest BCUT2D eigenvalue weighted by Gasteiger charge is -2.09. The zero-order valence-corrected chi connectivity index (χ0v) is 15.3. The number of aromatic nitrogens is 1. The third-order valence-corrected chi connectivity index (χ3v) is 5.01. The average molecular weight is 412 g/mol. The Hall–Kier alpha value is -2.58. The number of amides is 1. The fraction of sp³-hybridized carbons (Fsp3) is 0.111. The number of hydrogen-bond donors (Lipinski definition) is 2. The van der Waals surface area contributed by atoms with Crippen molar-refractivity contribution in [2.45, 2.75) is 13.0 Å². The predicted molar refractivity (Wildman–Crippen MR) is 99.5 cm³/mol. The number of anilines is 1. The van der Waals surface area contributed by atoms with Crippen LogP contribution in [-0.4, -0.2) is 10.9 Å². The largest absolute Gasteiger partial charge is 0.398 e. The topological polar surface area (TPSA) is 68.0 Å². The molecule has 1 aromatic heterocycles. The van der Waals surface area contributed by atoms with E-state index in [1.165, 1.54) is 6.07 Å². The van der Waals surface area contributed by atoms with Crippen molar-refractivity contribution in [3.05, 3.63) is 69.4 Å². The Kier molecular flexibility index (Phi) is 5.67. The van der Waals surface area contributed by atoms with Crippen molar-refractivity contribution >= 4 is 34.5 Å². The molecule has 0 radical (unpaired) electrons. The van der Waals surface area contributed by atoms with Gasteiger partial charge >= 0.3 is 0 Å². The first kappa shape index (κ1) is 19.2. The number of nitrogens with two attached hydrogens (primary N) is 1. The molecule has 9 heteroatoms. The number of alkyl halides is 2. The van der Waals surface area contributed by atoms with E-state index in [0.717, 1.165) is 29.2 Å². The number of nitrogen functional groups attached to an aromatic ring is 1. The number of benzene rings is 2. The Labute approximate surface area is 161 Å². The first-order valence-electron chi connectivity index (χ1n) is 7.71. The van der Waals surface area contributed by atoms with E-state index in [2.05, 4.69) is 10.3 Å². The molecule has 2 aromatic carbocycles. The first-order chi connectivity index (χ1) is 12.8. The van der Waals surface area contributed by atoms with Crippen molar-refractivity contribution in [2.24, 2.45) is 0 Å². The molecule has 1 heterocycles. The quantitative estimate of drug-likeness (QED) is 0.577. The van der Waals surface area contributed by atoms with Gasteiger partial charge in [-0.25, -0.2) is 18.2 Å². The molecule has 140 valence electrons. The van der Waals surface area contributed by atoms with Crippen LogP contribution in [0.1, 0.15) is 27.2 Å². The summed E-state index contributed by atoms with van der Waals surface area (Å²) in [6, 6.07) is 9.03. The number of nitrogens with zero attached hydrogens (tertiary/aromatic N) is 1. The average Bonchev–Trinajstić information content (AvgIpc) is 3.13. The van der Waals surface area contributed by atoms with Gasteiger partial charge in [0, 0.05) is 29.0 Å². The van der Waals surface area contributed by atoms with Crippen LogP contribution in [0.2, 0.25) is 5.02 Å². The van der Waals surface area contributed by atoms with E-state index in [1.54, 1.807) is 24.3 Å². The molecule has 0 fully saturated rings. The van der Waals surface area contributed by atoms with Crippen molar-refractivity contribution in [3.63, 3.8) is 0 Å². The highest BCUT2D eigenvalue weighted by Gasteiger charge is 2.19. The molecular weight excluding hydrogens is 399 g/mol. The number of hydrogen-bond acceptors (Lipinski definition) is 4. The van der Waals surface area contributed by atoms with E-state index >= 15 is 0 Å². The van der Waals surface area contributed by atoms with Crippen LogP contribution in [0, 0.1) is 5.82 Å². The molecule has 0 saturated carbocycles. The molecule has 4 nitrogen and oxygen atoms in total. The molecule has 0 unspecified atom stereocenters. The van der Waals surface area contributed by atoms with Crippen molar-refractivity contribution in [1.82, 2.24) is 10.3 Å². The van der Waals surface area contributed by atoms with Crippen LogP contribution >= 0.6 is 22.9 Å². The van der Waals surface area contributed by atoms with Gasteiger partial charge < -0.3 is 11.1 Å². The second-order valence-corrected chi connectivity index (χ2v) is 7.10. The second-order valence-electron chi connectivity index (χ2n) is 5.60. The Morgan fingerprint density at radius 1 is 1.26 bits per heavy atom. The highest BCUT2D eigenvalue weighted by atomic mass is 35.5. The normalized spacial score (nSPS) is 11.0. The van der Waals surface area contributed by atoms with Crippen LogP contribution in [0.15, 0.2) is 42.6 Å². The lowest BCUT2D eigenvalue weighted by Crippen LogP contribution is -2.24. The van der Waals surface area contributed by atoms with Crippen LogP contribution in [0.5, 0.6) is 0 Å².